The van der Waals surface area contributed by atoms with E-state index in [2.05, 4.69) is 43.6 Å². The number of hydrogen-bond acceptors (Lipinski definition) is 6. The maximum atomic E-state index is 6.12. The molecule has 4 rings (SSSR count). The zero-order chi connectivity index (χ0) is 20.1. The van der Waals surface area contributed by atoms with Gasteiger partial charge in [0.05, 0.1) is 22.8 Å². The molecule has 29 heavy (non-hydrogen) atoms. The average molecular weight is 459 g/mol. The maximum Gasteiger partial charge on any atom is 0.173 e. The fourth-order valence-electron chi connectivity index (χ4n) is 3.69. The number of halogens is 1. The molecule has 1 saturated carbocycles. The SMILES string of the molecule is CCCCO[C@@H]1CCC[C@H]1Nc1cc(NCc2cccnc2)n2ncc(Br)c2n1. The summed E-state index contributed by atoms with van der Waals surface area (Å²) in [6.07, 6.45) is 11.3. The van der Waals surface area contributed by atoms with Crippen LogP contribution in [0.15, 0.2) is 41.3 Å². The number of fused-ring (bicyclic) bond motifs is 1. The lowest BCUT2D eigenvalue weighted by molar-refractivity contribution is 0.0501. The van der Waals surface area contributed by atoms with Crippen LogP contribution in [0.5, 0.6) is 0 Å². The summed E-state index contributed by atoms with van der Waals surface area (Å²) in [7, 11) is 0. The molecule has 0 saturated heterocycles. The van der Waals surface area contributed by atoms with Crippen LogP contribution in [0, 0.1) is 0 Å². The number of pyridine rings is 1. The molecule has 7 nitrogen and oxygen atoms in total. The van der Waals surface area contributed by atoms with Crippen molar-refractivity contribution >= 4 is 33.2 Å². The molecule has 0 unspecified atom stereocenters. The number of aromatic nitrogens is 4. The minimum Gasteiger partial charge on any atom is -0.376 e. The van der Waals surface area contributed by atoms with Crippen molar-refractivity contribution in [2.75, 3.05) is 17.2 Å². The highest BCUT2D eigenvalue weighted by Gasteiger charge is 2.28. The molecule has 3 aromatic heterocycles. The lowest BCUT2D eigenvalue weighted by Gasteiger charge is -2.22. The second-order valence-corrected chi connectivity index (χ2v) is 8.27. The Morgan fingerprint density at radius 1 is 1.31 bits per heavy atom. The molecule has 0 spiro atoms. The average Bonchev–Trinajstić information content (AvgIpc) is 3.34. The van der Waals surface area contributed by atoms with Crippen molar-refractivity contribution in [2.24, 2.45) is 0 Å². The molecule has 0 aromatic carbocycles. The minimum absolute atomic E-state index is 0.250. The van der Waals surface area contributed by atoms with E-state index < -0.39 is 0 Å². The zero-order valence-corrected chi connectivity index (χ0v) is 18.2. The van der Waals surface area contributed by atoms with Gasteiger partial charge in [-0.3, -0.25) is 4.98 Å². The fraction of sp³-hybridized carbons (Fsp3) is 0.476. The number of unbranched alkanes of at least 4 members (excludes halogenated alkanes) is 1. The summed E-state index contributed by atoms with van der Waals surface area (Å²) >= 11 is 3.56. The number of hydrogen-bond donors (Lipinski definition) is 2. The topological polar surface area (TPSA) is 76.4 Å². The van der Waals surface area contributed by atoms with E-state index in [1.54, 1.807) is 12.4 Å². The Kier molecular flexibility index (Phi) is 6.61. The molecular formula is C21H27BrN6O. The molecule has 2 atom stereocenters. The molecule has 0 amide bonds. The number of anilines is 2. The monoisotopic (exact) mass is 458 g/mol. The van der Waals surface area contributed by atoms with Gasteiger partial charge in [0.2, 0.25) is 0 Å². The number of rotatable bonds is 9. The summed E-state index contributed by atoms with van der Waals surface area (Å²) in [4.78, 5) is 8.96. The van der Waals surface area contributed by atoms with Crippen molar-refractivity contribution < 1.29 is 4.74 Å². The Hall–Kier alpha value is -2.19. The van der Waals surface area contributed by atoms with Crippen LogP contribution < -0.4 is 10.6 Å². The molecule has 1 aliphatic rings. The van der Waals surface area contributed by atoms with Crippen molar-refractivity contribution in [2.45, 2.75) is 57.7 Å². The first-order chi connectivity index (χ1) is 14.2. The third kappa shape index (κ3) is 4.87. The summed E-state index contributed by atoms with van der Waals surface area (Å²) in [5.74, 6) is 1.72. The van der Waals surface area contributed by atoms with Crippen LogP contribution in [-0.2, 0) is 11.3 Å². The van der Waals surface area contributed by atoms with Crippen molar-refractivity contribution in [1.82, 2.24) is 19.6 Å². The van der Waals surface area contributed by atoms with Crippen LogP contribution in [-0.4, -0.2) is 38.3 Å². The largest absolute Gasteiger partial charge is 0.376 e. The third-order valence-corrected chi connectivity index (χ3v) is 5.80. The zero-order valence-electron chi connectivity index (χ0n) is 16.6. The van der Waals surface area contributed by atoms with Gasteiger partial charge in [0, 0.05) is 31.6 Å². The van der Waals surface area contributed by atoms with E-state index in [0.717, 1.165) is 59.6 Å². The Labute approximate surface area is 179 Å². The third-order valence-electron chi connectivity index (χ3n) is 5.24. The van der Waals surface area contributed by atoms with E-state index in [4.69, 9.17) is 9.72 Å². The van der Waals surface area contributed by atoms with Crippen LogP contribution in [0.25, 0.3) is 5.65 Å². The van der Waals surface area contributed by atoms with Gasteiger partial charge in [0.1, 0.15) is 11.6 Å². The summed E-state index contributed by atoms with van der Waals surface area (Å²) in [5.41, 5.74) is 1.89. The number of nitrogens with one attached hydrogen (secondary N) is 2. The van der Waals surface area contributed by atoms with Gasteiger partial charge >= 0.3 is 0 Å². The first-order valence-corrected chi connectivity index (χ1v) is 11.1. The quantitative estimate of drug-likeness (QED) is 0.454. The van der Waals surface area contributed by atoms with Gasteiger partial charge in [-0.2, -0.15) is 9.61 Å². The second kappa shape index (κ2) is 9.54. The molecule has 3 heterocycles. The molecule has 154 valence electrons. The standard InChI is InChI=1S/C21H27BrN6O/c1-2-3-10-29-18-8-4-7-17(18)26-19-11-20(24-13-15-6-5-9-23-12-15)28-21(27-19)16(22)14-25-28/h5-6,9,11-12,14,17-18,24H,2-4,7-8,10,13H2,1H3,(H,26,27)/t17-,18-/m1/s1. The predicted molar refractivity (Wildman–Crippen MR) is 118 cm³/mol. The Bertz CT molecular complexity index is 932. The van der Waals surface area contributed by atoms with Gasteiger partial charge in [-0.15, -0.1) is 0 Å². The van der Waals surface area contributed by atoms with E-state index in [1.165, 1.54) is 6.42 Å². The fourth-order valence-corrected chi connectivity index (χ4v) is 4.04. The van der Waals surface area contributed by atoms with Crippen molar-refractivity contribution in [3.05, 3.63) is 46.8 Å². The molecule has 0 radical (unpaired) electrons. The van der Waals surface area contributed by atoms with E-state index >= 15 is 0 Å². The van der Waals surface area contributed by atoms with Gasteiger partial charge in [-0.1, -0.05) is 19.4 Å². The first kappa shape index (κ1) is 20.1. The Morgan fingerprint density at radius 2 is 2.24 bits per heavy atom. The second-order valence-electron chi connectivity index (χ2n) is 7.41. The lowest BCUT2D eigenvalue weighted by Crippen LogP contribution is -2.31. The Balaban J connectivity index is 1.52. The molecule has 0 aliphatic heterocycles. The minimum atomic E-state index is 0.250. The van der Waals surface area contributed by atoms with Crippen LogP contribution >= 0.6 is 15.9 Å². The maximum absolute atomic E-state index is 6.12. The van der Waals surface area contributed by atoms with Gasteiger partial charge in [-0.25, -0.2) is 4.98 Å². The highest BCUT2D eigenvalue weighted by molar-refractivity contribution is 9.10. The summed E-state index contributed by atoms with van der Waals surface area (Å²) in [6, 6.07) is 6.29. The predicted octanol–water partition coefficient (Wildman–Crippen LogP) is 4.65. The van der Waals surface area contributed by atoms with Crippen molar-refractivity contribution in [1.29, 1.82) is 0 Å². The van der Waals surface area contributed by atoms with E-state index in [-0.39, 0.29) is 12.1 Å². The van der Waals surface area contributed by atoms with Gasteiger partial charge in [0.25, 0.3) is 0 Å². The molecule has 0 bridgehead atoms. The van der Waals surface area contributed by atoms with Gasteiger partial charge in [0.15, 0.2) is 5.65 Å². The van der Waals surface area contributed by atoms with Gasteiger partial charge in [-0.05, 0) is 53.2 Å². The molecule has 8 heteroatoms. The normalized spacial score (nSPS) is 19.0. The molecular weight excluding hydrogens is 432 g/mol. The Morgan fingerprint density at radius 3 is 3.07 bits per heavy atom. The molecule has 2 N–H and O–H groups in total. The van der Waals surface area contributed by atoms with Crippen LogP contribution in [0.1, 0.15) is 44.6 Å². The first-order valence-electron chi connectivity index (χ1n) is 10.3. The van der Waals surface area contributed by atoms with E-state index in [1.807, 2.05) is 28.9 Å². The van der Waals surface area contributed by atoms with Crippen molar-refractivity contribution in [3.8, 4) is 0 Å². The van der Waals surface area contributed by atoms with Crippen molar-refractivity contribution in [3.63, 3.8) is 0 Å². The van der Waals surface area contributed by atoms with E-state index in [9.17, 15) is 0 Å². The van der Waals surface area contributed by atoms with Crippen LogP contribution in [0.4, 0.5) is 11.6 Å². The number of ether oxygens (including phenoxy) is 1. The highest BCUT2D eigenvalue weighted by Crippen LogP contribution is 2.28. The molecule has 1 fully saturated rings. The van der Waals surface area contributed by atoms with E-state index in [0.29, 0.717) is 6.54 Å². The molecule has 1 aliphatic carbocycles. The molecule has 3 aromatic rings. The van der Waals surface area contributed by atoms with Crippen LogP contribution in [0.2, 0.25) is 0 Å². The number of nitrogens with zero attached hydrogens (tertiary/aromatic N) is 4. The van der Waals surface area contributed by atoms with Gasteiger partial charge < -0.3 is 15.4 Å². The summed E-state index contributed by atoms with van der Waals surface area (Å²) in [6.45, 7) is 3.68. The van der Waals surface area contributed by atoms with Crippen LogP contribution in [0.3, 0.4) is 0 Å². The highest BCUT2D eigenvalue weighted by atomic mass is 79.9. The summed E-state index contributed by atoms with van der Waals surface area (Å²) < 4.78 is 8.80. The smallest absolute Gasteiger partial charge is 0.173 e. The lowest BCUT2D eigenvalue weighted by atomic mass is 10.2. The summed E-state index contributed by atoms with van der Waals surface area (Å²) in [5, 5.41) is 11.5.